The fraction of sp³-hybridized carbons (Fsp3) is 1.00. The van der Waals surface area contributed by atoms with Crippen LogP contribution >= 0.6 is 0 Å². The summed E-state index contributed by atoms with van der Waals surface area (Å²) in [6.45, 7) is 6.73. The molecule has 0 bridgehead atoms. The molecule has 0 fully saturated rings. The van der Waals surface area contributed by atoms with Gasteiger partial charge in [0, 0.05) is 0 Å². The van der Waals surface area contributed by atoms with Crippen molar-refractivity contribution < 1.29 is 10.2 Å². The van der Waals surface area contributed by atoms with Crippen molar-refractivity contribution in [3.05, 3.63) is 0 Å². The third kappa shape index (κ3) is 18.7. The largest absolute Gasteiger partial charge is 0.390 e. The summed E-state index contributed by atoms with van der Waals surface area (Å²) in [6, 6.07) is 0. The van der Waals surface area contributed by atoms with Crippen LogP contribution in [0.3, 0.4) is 0 Å². The van der Waals surface area contributed by atoms with Crippen LogP contribution in [-0.4, -0.2) is 22.4 Å². The van der Waals surface area contributed by atoms with Crippen LogP contribution in [0.4, 0.5) is 0 Å². The molecule has 0 saturated carbocycles. The lowest BCUT2D eigenvalue weighted by Crippen LogP contribution is -2.33. The first kappa shape index (κ1) is 29.9. The van der Waals surface area contributed by atoms with Crippen LogP contribution in [-0.2, 0) is 0 Å². The molecule has 0 aromatic heterocycles. The molecule has 0 aromatic rings. The zero-order valence-electron chi connectivity index (χ0n) is 21.2. The van der Waals surface area contributed by atoms with Gasteiger partial charge in [-0.05, 0) is 25.2 Å². The Labute approximate surface area is 190 Å². The number of aliphatic hydroxyl groups is 2. The van der Waals surface area contributed by atoms with E-state index in [-0.39, 0.29) is 0 Å². The molecule has 182 valence electrons. The molecule has 3 atom stereocenters. The first-order valence-electron chi connectivity index (χ1n) is 14.0. The Morgan fingerprint density at radius 3 is 1.17 bits per heavy atom. The van der Waals surface area contributed by atoms with Gasteiger partial charge in [0.2, 0.25) is 0 Å². The summed E-state index contributed by atoms with van der Waals surface area (Å²) in [4.78, 5) is 0. The first-order valence-corrected chi connectivity index (χ1v) is 14.0. The van der Waals surface area contributed by atoms with E-state index >= 15 is 0 Å². The van der Waals surface area contributed by atoms with Crippen LogP contribution < -0.4 is 0 Å². The van der Waals surface area contributed by atoms with Gasteiger partial charge in [0.25, 0.3) is 0 Å². The van der Waals surface area contributed by atoms with Crippen molar-refractivity contribution in [1.82, 2.24) is 0 Å². The molecular formula is C28H58O2. The van der Waals surface area contributed by atoms with Crippen molar-refractivity contribution in [2.45, 2.75) is 174 Å². The molecule has 0 amide bonds. The summed E-state index contributed by atoms with van der Waals surface area (Å²) in [5, 5.41) is 21.2. The van der Waals surface area contributed by atoms with E-state index in [2.05, 4.69) is 20.8 Å². The highest BCUT2D eigenvalue weighted by molar-refractivity contribution is 4.76. The van der Waals surface area contributed by atoms with E-state index in [0.717, 1.165) is 25.7 Å². The second kappa shape index (κ2) is 23.6. The van der Waals surface area contributed by atoms with Crippen molar-refractivity contribution >= 4 is 0 Å². The van der Waals surface area contributed by atoms with Crippen LogP contribution in [0.1, 0.15) is 162 Å². The van der Waals surface area contributed by atoms with Crippen molar-refractivity contribution in [1.29, 1.82) is 0 Å². The van der Waals surface area contributed by atoms with Crippen molar-refractivity contribution in [2.75, 3.05) is 0 Å². The summed E-state index contributed by atoms with van der Waals surface area (Å²) in [7, 11) is 0. The van der Waals surface area contributed by atoms with Crippen LogP contribution in [0, 0.1) is 5.92 Å². The van der Waals surface area contributed by atoms with Crippen LogP contribution in [0.2, 0.25) is 0 Å². The molecule has 0 aliphatic carbocycles. The molecule has 0 radical (unpaired) electrons. The molecule has 2 nitrogen and oxygen atoms in total. The van der Waals surface area contributed by atoms with Gasteiger partial charge >= 0.3 is 0 Å². The standard InChI is InChI=1S/C28H58O2/c1-4-7-10-12-13-14-15-16-17-18-20-21-24-26(23-9-6-3)28(30)27(29)25-22-19-11-8-5-2/h26-30H,4-25H2,1-3H3. The summed E-state index contributed by atoms with van der Waals surface area (Å²) in [5.41, 5.74) is 0. The lowest BCUT2D eigenvalue weighted by molar-refractivity contribution is -0.0277. The average molecular weight is 427 g/mol. The van der Waals surface area contributed by atoms with E-state index in [1.54, 1.807) is 0 Å². The van der Waals surface area contributed by atoms with E-state index in [1.165, 1.54) is 116 Å². The topological polar surface area (TPSA) is 40.5 Å². The highest BCUT2D eigenvalue weighted by atomic mass is 16.3. The lowest BCUT2D eigenvalue weighted by atomic mass is 9.86. The molecule has 2 N–H and O–H groups in total. The Morgan fingerprint density at radius 2 is 0.733 bits per heavy atom. The predicted molar refractivity (Wildman–Crippen MR) is 134 cm³/mol. The zero-order valence-corrected chi connectivity index (χ0v) is 21.2. The first-order chi connectivity index (χ1) is 14.7. The van der Waals surface area contributed by atoms with E-state index in [0.29, 0.717) is 5.92 Å². The minimum absolute atomic E-state index is 0.290. The molecular weight excluding hydrogens is 368 g/mol. The van der Waals surface area contributed by atoms with E-state index in [1.807, 2.05) is 0 Å². The second-order valence-corrected chi connectivity index (χ2v) is 9.84. The van der Waals surface area contributed by atoms with Crippen molar-refractivity contribution in [2.24, 2.45) is 5.92 Å². The summed E-state index contributed by atoms with van der Waals surface area (Å²) in [5.74, 6) is 0.290. The van der Waals surface area contributed by atoms with Gasteiger partial charge in [-0.3, -0.25) is 0 Å². The fourth-order valence-corrected chi connectivity index (χ4v) is 4.64. The van der Waals surface area contributed by atoms with Crippen LogP contribution in [0.5, 0.6) is 0 Å². The molecule has 0 rings (SSSR count). The van der Waals surface area contributed by atoms with Gasteiger partial charge in [0.15, 0.2) is 0 Å². The molecule has 2 heteroatoms. The van der Waals surface area contributed by atoms with Crippen molar-refractivity contribution in [3.63, 3.8) is 0 Å². The quantitative estimate of drug-likeness (QED) is 0.151. The molecule has 0 aliphatic rings. The third-order valence-corrected chi connectivity index (χ3v) is 6.84. The Morgan fingerprint density at radius 1 is 0.400 bits per heavy atom. The predicted octanol–water partition coefficient (Wildman–Crippen LogP) is 8.97. The summed E-state index contributed by atoms with van der Waals surface area (Å²) in [6.07, 6.45) is 26.8. The van der Waals surface area contributed by atoms with Crippen molar-refractivity contribution in [3.8, 4) is 0 Å². The van der Waals surface area contributed by atoms with Crippen LogP contribution in [0.25, 0.3) is 0 Å². The summed E-state index contributed by atoms with van der Waals surface area (Å²) < 4.78 is 0. The van der Waals surface area contributed by atoms with E-state index in [4.69, 9.17) is 0 Å². The second-order valence-electron chi connectivity index (χ2n) is 9.84. The highest BCUT2D eigenvalue weighted by Crippen LogP contribution is 2.25. The molecule has 0 heterocycles. The SMILES string of the molecule is CCCCCCCCCCCCCCC(CCCC)C(O)C(O)CCCCCCC. The van der Waals surface area contributed by atoms with Gasteiger partial charge in [-0.15, -0.1) is 0 Å². The molecule has 0 saturated heterocycles. The third-order valence-electron chi connectivity index (χ3n) is 6.84. The molecule has 30 heavy (non-hydrogen) atoms. The number of hydrogen-bond acceptors (Lipinski definition) is 2. The number of rotatable bonds is 24. The number of unbranched alkanes of at least 4 members (excludes halogenated alkanes) is 16. The molecule has 0 aromatic carbocycles. The fourth-order valence-electron chi connectivity index (χ4n) is 4.64. The Balaban J connectivity index is 3.84. The van der Waals surface area contributed by atoms with Gasteiger partial charge in [-0.1, -0.05) is 143 Å². The minimum Gasteiger partial charge on any atom is -0.390 e. The Bertz CT molecular complexity index is 318. The maximum absolute atomic E-state index is 10.7. The Hall–Kier alpha value is -0.0800. The van der Waals surface area contributed by atoms with Gasteiger partial charge in [0.1, 0.15) is 0 Å². The smallest absolute Gasteiger partial charge is 0.0827 e. The van der Waals surface area contributed by atoms with Gasteiger partial charge in [-0.2, -0.15) is 0 Å². The molecule has 0 spiro atoms. The van der Waals surface area contributed by atoms with Gasteiger partial charge in [0.05, 0.1) is 12.2 Å². The maximum atomic E-state index is 10.7. The lowest BCUT2D eigenvalue weighted by Gasteiger charge is -2.27. The zero-order chi connectivity index (χ0) is 22.3. The van der Waals surface area contributed by atoms with Gasteiger partial charge in [-0.25, -0.2) is 0 Å². The van der Waals surface area contributed by atoms with Crippen LogP contribution in [0.15, 0.2) is 0 Å². The molecule has 0 aliphatic heterocycles. The number of aliphatic hydroxyl groups excluding tert-OH is 2. The normalized spacial score (nSPS) is 14.7. The average Bonchev–Trinajstić information content (AvgIpc) is 2.75. The van der Waals surface area contributed by atoms with E-state index in [9.17, 15) is 10.2 Å². The highest BCUT2D eigenvalue weighted by Gasteiger charge is 2.25. The Kier molecular flexibility index (Phi) is 23.5. The minimum atomic E-state index is -0.522. The van der Waals surface area contributed by atoms with E-state index < -0.39 is 12.2 Å². The maximum Gasteiger partial charge on any atom is 0.0827 e. The monoisotopic (exact) mass is 426 g/mol. The summed E-state index contributed by atoms with van der Waals surface area (Å²) >= 11 is 0. The number of hydrogen-bond donors (Lipinski definition) is 2. The molecule has 3 unspecified atom stereocenters. The van der Waals surface area contributed by atoms with Gasteiger partial charge < -0.3 is 10.2 Å².